The molecule has 0 N–H and O–H groups in total. The third kappa shape index (κ3) is 4.17. The molecule has 1 aromatic heterocycles. The largest absolute Gasteiger partial charge is 0.490 e. The molecule has 7 heteroatoms. The molecule has 0 radical (unpaired) electrons. The van der Waals surface area contributed by atoms with Crippen molar-refractivity contribution in [3.8, 4) is 11.5 Å². The minimum Gasteiger partial charge on any atom is -0.490 e. The van der Waals surface area contributed by atoms with Crippen LogP contribution in [0.1, 0.15) is 30.6 Å². The van der Waals surface area contributed by atoms with E-state index >= 15 is 0 Å². The van der Waals surface area contributed by atoms with E-state index in [-0.39, 0.29) is 5.91 Å². The van der Waals surface area contributed by atoms with Crippen molar-refractivity contribution in [2.24, 2.45) is 0 Å². The number of amides is 1. The molecule has 0 aliphatic rings. The monoisotopic (exact) mass is 404 g/mol. The molecule has 0 saturated heterocycles. The lowest BCUT2D eigenvalue weighted by molar-refractivity contribution is 0.0992. The Bertz CT molecular complexity index is 925. The van der Waals surface area contributed by atoms with E-state index in [2.05, 4.69) is 4.98 Å². The van der Waals surface area contributed by atoms with Gasteiger partial charge in [-0.05, 0) is 37.6 Å². The summed E-state index contributed by atoms with van der Waals surface area (Å²) in [6.07, 6.45) is 0.850. The summed E-state index contributed by atoms with van der Waals surface area (Å²) < 4.78 is 12.4. The molecule has 27 heavy (non-hydrogen) atoms. The lowest BCUT2D eigenvalue weighted by atomic mass is 10.1. The summed E-state index contributed by atoms with van der Waals surface area (Å²) in [7, 11) is 1.70. The van der Waals surface area contributed by atoms with E-state index in [4.69, 9.17) is 21.1 Å². The molecule has 0 spiro atoms. The molecule has 3 rings (SSSR count). The zero-order valence-corrected chi connectivity index (χ0v) is 17.1. The number of para-hydroxylation sites is 1. The number of ether oxygens (including phenoxy) is 2. The summed E-state index contributed by atoms with van der Waals surface area (Å²) in [6.45, 7) is 4.86. The molecule has 2 aromatic carbocycles. The summed E-state index contributed by atoms with van der Waals surface area (Å²) >= 11 is 7.84. The molecule has 1 heterocycles. The van der Waals surface area contributed by atoms with Crippen molar-refractivity contribution < 1.29 is 14.3 Å². The average Bonchev–Trinajstić information content (AvgIpc) is 3.10. The molecule has 0 aliphatic carbocycles. The number of hydrogen-bond acceptors (Lipinski definition) is 5. The third-order valence-electron chi connectivity index (χ3n) is 3.88. The van der Waals surface area contributed by atoms with Gasteiger partial charge in [-0.1, -0.05) is 42.0 Å². The first-order valence-electron chi connectivity index (χ1n) is 8.77. The zero-order valence-electron chi connectivity index (χ0n) is 15.5. The minimum absolute atomic E-state index is 0.209. The Morgan fingerprint density at radius 3 is 2.70 bits per heavy atom. The van der Waals surface area contributed by atoms with Gasteiger partial charge < -0.3 is 9.47 Å². The quantitative estimate of drug-likeness (QED) is 0.528. The molecule has 0 atom stereocenters. The average molecular weight is 405 g/mol. The van der Waals surface area contributed by atoms with Gasteiger partial charge in [-0.15, -0.1) is 0 Å². The van der Waals surface area contributed by atoms with E-state index in [0.29, 0.717) is 40.4 Å². The fourth-order valence-electron chi connectivity index (χ4n) is 2.58. The predicted molar refractivity (Wildman–Crippen MR) is 111 cm³/mol. The summed E-state index contributed by atoms with van der Waals surface area (Å²) in [4.78, 5) is 19.1. The summed E-state index contributed by atoms with van der Waals surface area (Å²) in [5.74, 6) is 0.734. The first kappa shape index (κ1) is 19.5. The van der Waals surface area contributed by atoms with E-state index in [0.717, 1.165) is 16.6 Å². The maximum atomic E-state index is 13.0. The number of fused-ring (bicyclic) bond motifs is 1. The Morgan fingerprint density at radius 1 is 1.22 bits per heavy atom. The zero-order chi connectivity index (χ0) is 19.4. The smallest absolute Gasteiger partial charge is 0.259 e. The van der Waals surface area contributed by atoms with Crippen LogP contribution < -0.4 is 14.4 Å². The van der Waals surface area contributed by atoms with Crippen molar-refractivity contribution in [3.05, 3.63) is 47.0 Å². The van der Waals surface area contributed by atoms with Crippen molar-refractivity contribution in [2.75, 3.05) is 25.2 Å². The standard InChI is InChI=1S/C20H21ClN2O3S/c1-4-10-26-18-14(21)11-13(12-16(18)25-5-2)19(24)23(3)20-22-15-8-6-7-9-17(15)27-20/h6-9,11-12H,4-5,10H2,1-3H3. The topological polar surface area (TPSA) is 51.7 Å². The lowest BCUT2D eigenvalue weighted by Crippen LogP contribution is -2.26. The van der Waals surface area contributed by atoms with Gasteiger partial charge in [0.05, 0.1) is 28.5 Å². The number of aromatic nitrogens is 1. The number of carbonyl (C=O) groups excluding carboxylic acids is 1. The molecule has 3 aromatic rings. The van der Waals surface area contributed by atoms with E-state index in [1.165, 1.54) is 16.2 Å². The molecule has 0 saturated carbocycles. The van der Waals surface area contributed by atoms with Crippen LogP contribution in [0.15, 0.2) is 36.4 Å². The van der Waals surface area contributed by atoms with Gasteiger partial charge in [0, 0.05) is 12.6 Å². The number of rotatable bonds is 7. The van der Waals surface area contributed by atoms with Crippen LogP contribution in [-0.2, 0) is 0 Å². The van der Waals surface area contributed by atoms with E-state index in [1.54, 1.807) is 19.2 Å². The number of thiazole rings is 1. The fraction of sp³-hybridized carbons (Fsp3) is 0.300. The summed E-state index contributed by atoms with van der Waals surface area (Å²) in [6, 6.07) is 11.1. The van der Waals surface area contributed by atoms with Crippen LogP contribution in [-0.4, -0.2) is 31.2 Å². The number of benzene rings is 2. The Kier molecular flexibility index (Phi) is 6.19. The van der Waals surface area contributed by atoms with Crippen LogP contribution in [0.2, 0.25) is 5.02 Å². The minimum atomic E-state index is -0.209. The first-order chi connectivity index (χ1) is 13.0. The SMILES string of the molecule is CCCOc1c(Cl)cc(C(=O)N(C)c2nc3ccccc3s2)cc1OCC. The van der Waals surface area contributed by atoms with Crippen molar-refractivity contribution in [2.45, 2.75) is 20.3 Å². The van der Waals surface area contributed by atoms with Crippen molar-refractivity contribution >= 4 is 44.2 Å². The van der Waals surface area contributed by atoms with Crippen molar-refractivity contribution in [3.63, 3.8) is 0 Å². The van der Waals surface area contributed by atoms with Crippen LogP contribution in [0.5, 0.6) is 11.5 Å². The Hall–Kier alpha value is -2.31. The van der Waals surface area contributed by atoms with Gasteiger partial charge in [0.1, 0.15) is 0 Å². The van der Waals surface area contributed by atoms with E-state index < -0.39 is 0 Å². The highest BCUT2D eigenvalue weighted by atomic mass is 35.5. The second kappa shape index (κ2) is 8.59. The molecular formula is C20H21ClN2O3S. The van der Waals surface area contributed by atoms with Crippen LogP contribution >= 0.6 is 22.9 Å². The molecule has 0 bridgehead atoms. The first-order valence-corrected chi connectivity index (χ1v) is 9.97. The lowest BCUT2D eigenvalue weighted by Gasteiger charge is -2.17. The van der Waals surface area contributed by atoms with Gasteiger partial charge in [0.15, 0.2) is 16.6 Å². The molecular weight excluding hydrogens is 384 g/mol. The summed E-state index contributed by atoms with van der Waals surface area (Å²) in [5, 5.41) is 0.983. The fourth-order valence-corrected chi connectivity index (χ4v) is 3.77. The molecule has 142 valence electrons. The van der Waals surface area contributed by atoms with Crippen LogP contribution in [0.4, 0.5) is 5.13 Å². The highest BCUT2D eigenvalue weighted by molar-refractivity contribution is 7.22. The number of hydrogen-bond donors (Lipinski definition) is 0. The highest BCUT2D eigenvalue weighted by Gasteiger charge is 2.21. The van der Waals surface area contributed by atoms with Gasteiger partial charge in [0.25, 0.3) is 5.91 Å². The Labute approximate surface area is 167 Å². The van der Waals surface area contributed by atoms with Crippen LogP contribution in [0, 0.1) is 0 Å². The molecule has 5 nitrogen and oxygen atoms in total. The van der Waals surface area contributed by atoms with E-state index in [9.17, 15) is 4.79 Å². The summed E-state index contributed by atoms with van der Waals surface area (Å²) in [5.41, 5.74) is 1.29. The molecule has 1 amide bonds. The van der Waals surface area contributed by atoms with Crippen LogP contribution in [0.3, 0.4) is 0 Å². The molecule has 0 fully saturated rings. The van der Waals surface area contributed by atoms with E-state index in [1.807, 2.05) is 38.1 Å². The second-order valence-electron chi connectivity index (χ2n) is 5.90. The number of carbonyl (C=O) groups is 1. The molecule has 0 unspecified atom stereocenters. The van der Waals surface area contributed by atoms with Gasteiger partial charge in [0.2, 0.25) is 0 Å². The normalized spacial score (nSPS) is 10.8. The van der Waals surface area contributed by atoms with Gasteiger partial charge in [-0.2, -0.15) is 0 Å². The van der Waals surface area contributed by atoms with Crippen LogP contribution in [0.25, 0.3) is 10.2 Å². The predicted octanol–water partition coefficient (Wildman–Crippen LogP) is 5.41. The van der Waals surface area contributed by atoms with Gasteiger partial charge in [-0.3, -0.25) is 9.69 Å². The third-order valence-corrected chi connectivity index (χ3v) is 5.27. The maximum absolute atomic E-state index is 13.0. The number of anilines is 1. The second-order valence-corrected chi connectivity index (χ2v) is 7.31. The molecule has 0 aliphatic heterocycles. The number of halogens is 1. The number of nitrogens with zero attached hydrogens (tertiary/aromatic N) is 2. The van der Waals surface area contributed by atoms with Crippen molar-refractivity contribution in [1.29, 1.82) is 0 Å². The van der Waals surface area contributed by atoms with Gasteiger partial charge in [-0.25, -0.2) is 4.98 Å². The van der Waals surface area contributed by atoms with Crippen molar-refractivity contribution in [1.82, 2.24) is 4.98 Å². The Balaban J connectivity index is 1.92. The Morgan fingerprint density at radius 2 is 2.00 bits per heavy atom. The maximum Gasteiger partial charge on any atom is 0.259 e. The highest BCUT2D eigenvalue weighted by Crippen LogP contribution is 2.37. The van der Waals surface area contributed by atoms with Gasteiger partial charge >= 0.3 is 0 Å².